The summed E-state index contributed by atoms with van der Waals surface area (Å²) in [6.45, 7) is 1.50. The summed E-state index contributed by atoms with van der Waals surface area (Å²) in [4.78, 5) is 0. The van der Waals surface area contributed by atoms with Crippen LogP contribution < -0.4 is 0 Å². The van der Waals surface area contributed by atoms with Gasteiger partial charge in [0.2, 0.25) is 0 Å². The maximum Gasteiger partial charge on any atom is 0.0852 e. The second-order valence-corrected chi connectivity index (χ2v) is 4.13. The summed E-state index contributed by atoms with van der Waals surface area (Å²) in [7, 11) is 1.83. The fourth-order valence-corrected chi connectivity index (χ4v) is 1.94. The molecular weight excluding hydrogens is 194 g/mol. The van der Waals surface area contributed by atoms with Crippen LogP contribution in [0.1, 0.15) is 18.5 Å². The first-order valence-electron chi connectivity index (χ1n) is 5.36. The van der Waals surface area contributed by atoms with Crippen molar-refractivity contribution in [2.45, 2.75) is 25.4 Å². The Morgan fingerprint density at radius 3 is 3.20 bits per heavy atom. The van der Waals surface area contributed by atoms with Gasteiger partial charge in [0.25, 0.3) is 0 Å². The van der Waals surface area contributed by atoms with Gasteiger partial charge in [0, 0.05) is 32.2 Å². The van der Waals surface area contributed by atoms with Crippen LogP contribution >= 0.6 is 0 Å². The molecule has 1 N–H and O–H groups in total. The van der Waals surface area contributed by atoms with E-state index in [1.54, 1.807) is 4.68 Å². The molecule has 2 rings (SSSR count). The number of hydrogen-bond donors (Lipinski definition) is 1. The van der Waals surface area contributed by atoms with E-state index in [1.165, 1.54) is 0 Å². The minimum absolute atomic E-state index is 0.251. The molecule has 0 aromatic carbocycles. The summed E-state index contributed by atoms with van der Waals surface area (Å²) in [5.74, 6) is 0.251. The largest absolute Gasteiger partial charge is 0.392 e. The highest BCUT2D eigenvalue weighted by atomic mass is 16.5. The van der Waals surface area contributed by atoms with Crippen molar-refractivity contribution in [3.8, 4) is 0 Å². The molecule has 1 aromatic heterocycles. The number of ether oxygens (including phenoxy) is 1. The molecule has 0 saturated carbocycles. The highest BCUT2D eigenvalue weighted by Crippen LogP contribution is 2.19. The predicted octanol–water partition coefficient (Wildman–Crippen LogP) is 0.145. The summed E-state index contributed by atoms with van der Waals surface area (Å²) in [6, 6.07) is 0. The molecule has 5 heteroatoms. The van der Waals surface area contributed by atoms with Crippen molar-refractivity contribution in [2.24, 2.45) is 13.0 Å². The molecule has 0 spiro atoms. The average Bonchev–Trinajstić information content (AvgIpc) is 2.65. The van der Waals surface area contributed by atoms with E-state index in [0.717, 1.165) is 25.1 Å². The van der Waals surface area contributed by atoms with E-state index in [0.29, 0.717) is 13.0 Å². The van der Waals surface area contributed by atoms with Crippen LogP contribution in [0.15, 0.2) is 6.20 Å². The Hall–Kier alpha value is -0.940. The summed E-state index contributed by atoms with van der Waals surface area (Å²) >= 11 is 0. The van der Waals surface area contributed by atoms with E-state index in [-0.39, 0.29) is 12.0 Å². The van der Waals surface area contributed by atoms with Crippen molar-refractivity contribution in [1.29, 1.82) is 0 Å². The van der Waals surface area contributed by atoms with Gasteiger partial charge in [0.15, 0.2) is 0 Å². The summed E-state index contributed by atoms with van der Waals surface area (Å²) < 4.78 is 7.00. The molecule has 1 saturated heterocycles. The van der Waals surface area contributed by atoms with Gasteiger partial charge in [-0.1, -0.05) is 5.21 Å². The molecule has 1 aliphatic rings. The van der Waals surface area contributed by atoms with E-state index in [4.69, 9.17) is 4.74 Å². The van der Waals surface area contributed by atoms with Crippen molar-refractivity contribution in [1.82, 2.24) is 15.0 Å². The zero-order chi connectivity index (χ0) is 10.7. The fourth-order valence-electron chi connectivity index (χ4n) is 1.94. The lowest BCUT2D eigenvalue weighted by molar-refractivity contribution is -0.00879. The Kier molecular flexibility index (Phi) is 3.33. The van der Waals surface area contributed by atoms with Gasteiger partial charge in [-0.2, -0.15) is 0 Å². The highest BCUT2D eigenvalue weighted by molar-refractivity contribution is 4.95. The molecule has 15 heavy (non-hydrogen) atoms. The number of aliphatic hydroxyl groups excluding tert-OH is 1. The maximum atomic E-state index is 9.98. The monoisotopic (exact) mass is 211 g/mol. The van der Waals surface area contributed by atoms with Gasteiger partial charge in [-0.3, -0.25) is 4.68 Å². The summed E-state index contributed by atoms with van der Waals surface area (Å²) in [5.41, 5.74) is 0.843. The second kappa shape index (κ2) is 4.72. The van der Waals surface area contributed by atoms with Crippen LogP contribution in [0, 0.1) is 5.92 Å². The summed E-state index contributed by atoms with van der Waals surface area (Å²) in [6.07, 6.45) is 4.14. The fraction of sp³-hybridized carbons (Fsp3) is 0.800. The molecule has 0 bridgehead atoms. The van der Waals surface area contributed by atoms with Gasteiger partial charge < -0.3 is 9.84 Å². The molecule has 2 heterocycles. The third-order valence-electron chi connectivity index (χ3n) is 2.81. The molecule has 1 aliphatic heterocycles. The first kappa shape index (κ1) is 10.6. The minimum Gasteiger partial charge on any atom is -0.392 e. The highest BCUT2D eigenvalue weighted by Gasteiger charge is 2.23. The second-order valence-electron chi connectivity index (χ2n) is 4.13. The Labute approximate surface area is 89.0 Å². The van der Waals surface area contributed by atoms with Crippen molar-refractivity contribution in [3.05, 3.63) is 11.9 Å². The molecule has 0 aliphatic carbocycles. The Balaban J connectivity index is 1.88. The Bertz CT molecular complexity index is 307. The topological polar surface area (TPSA) is 60.2 Å². The van der Waals surface area contributed by atoms with E-state index in [1.807, 2.05) is 13.2 Å². The minimum atomic E-state index is -0.359. The number of aromatic nitrogens is 3. The lowest BCUT2D eigenvalue weighted by atomic mass is 9.93. The zero-order valence-electron chi connectivity index (χ0n) is 8.96. The number of hydrogen-bond acceptors (Lipinski definition) is 4. The van der Waals surface area contributed by atoms with Crippen molar-refractivity contribution < 1.29 is 9.84 Å². The zero-order valence-corrected chi connectivity index (χ0v) is 8.96. The Morgan fingerprint density at radius 2 is 2.60 bits per heavy atom. The molecule has 84 valence electrons. The maximum absolute atomic E-state index is 9.98. The van der Waals surface area contributed by atoms with Gasteiger partial charge in [-0.15, -0.1) is 5.10 Å². The van der Waals surface area contributed by atoms with Crippen LogP contribution in [0.5, 0.6) is 0 Å². The molecule has 0 amide bonds. The van der Waals surface area contributed by atoms with Gasteiger partial charge in [-0.05, 0) is 12.8 Å². The predicted molar refractivity (Wildman–Crippen MR) is 54.3 cm³/mol. The lowest BCUT2D eigenvalue weighted by Crippen LogP contribution is -2.30. The molecule has 2 atom stereocenters. The van der Waals surface area contributed by atoms with Gasteiger partial charge >= 0.3 is 0 Å². The van der Waals surface area contributed by atoms with Crippen LogP contribution in [0.2, 0.25) is 0 Å². The van der Waals surface area contributed by atoms with Crippen molar-refractivity contribution >= 4 is 0 Å². The molecule has 1 fully saturated rings. The quantitative estimate of drug-likeness (QED) is 0.773. The number of nitrogens with zero attached hydrogens (tertiary/aromatic N) is 3. The first-order valence-corrected chi connectivity index (χ1v) is 5.36. The Morgan fingerprint density at radius 1 is 1.73 bits per heavy atom. The number of aliphatic hydroxyl groups is 1. The third kappa shape index (κ3) is 2.76. The smallest absolute Gasteiger partial charge is 0.0852 e. The van der Waals surface area contributed by atoms with Crippen molar-refractivity contribution in [3.63, 3.8) is 0 Å². The van der Waals surface area contributed by atoms with Gasteiger partial charge in [0.1, 0.15) is 0 Å². The van der Waals surface area contributed by atoms with Crippen LogP contribution in [0.25, 0.3) is 0 Å². The van der Waals surface area contributed by atoms with Crippen molar-refractivity contribution in [2.75, 3.05) is 13.2 Å². The van der Waals surface area contributed by atoms with E-state index in [9.17, 15) is 5.11 Å². The SMILES string of the molecule is Cn1cc(CC(O)C2CCCOC2)nn1. The number of rotatable bonds is 3. The molecule has 2 unspecified atom stereocenters. The van der Waals surface area contributed by atoms with E-state index < -0.39 is 0 Å². The normalized spacial score (nSPS) is 24.0. The average molecular weight is 211 g/mol. The standard InChI is InChI=1S/C10H17N3O2/c1-13-6-9(11-12-13)5-10(14)8-3-2-4-15-7-8/h6,8,10,14H,2-5,7H2,1H3. The van der Waals surface area contributed by atoms with Gasteiger partial charge in [-0.25, -0.2) is 0 Å². The molecular formula is C10H17N3O2. The van der Waals surface area contributed by atoms with Crippen LogP contribution in [-0.4, -0.2) is 39.4 Å². The molecule has 5 nitrogen and oxygen atoms in total. The van der Waals surface area contributed by atoms with Gasteiger partial charge in [0.05, 0.1) is 18.4 Å². The molecule has 0 radical (unpaired) electrons. The summed E-state index contributed by atoms with van der Waals surface area (Å²) in [5, 5.41) is 17.8. The van der Waals surface area contributed by atoms with E-state index >= 15 is 0 Å². The molecule has 1 aromatic rings. The van der Waals surface area contributed by atoms with Crippen LogP contribution in [0.4, 0.5) is 0 Å². The van der Waals surface area contributed by atoms with E-state index in [2.05, 4.69) is 10.3 Å². The first-order chi connectivity index (χ1) is 7.25. The third-order valence-corrected chi connectivity index (χ3v) is 2.81. The van der Waals surface area contributed by atoms with Crippen LogP contribution in [-0.2, 0) is 18.2 Å². The number of aryl methyl sites for hydroxylation is 1. The lowest BCUT2D eigenvalue weighted by Gasteiger charge is -2.26. The van der Waals surface area contributed by atoms with Crippen LogP contribution in [0.3, 0.4) is 0 Å².